The van der Waals surface area contributed by atoms with Crippen LogP contribution in [0.5, 0.6) is 5.75 Å². The normalized spacial score (nSPS) is 16.5. The number of nitrogens with zero attached hydrogens (tertiary/aromatic N) is 3. The second kappa shape index (κ2) is 12.2. The van der Waals surface area contributed by atoms with Crippen LogP contribution in [0.1, 0.15) is 44.7 Å². The standard InChI is InChI=1S/C32H36N6O6/c1-18-3-4-27(19(2)13-18)44-17-21(40)16-34-24-5-8-33-30(41)28(24)29-35-25-14-22-23(15-26(25)36-29)32(43)38(31(22)42)20-6-9-37(10-7-20)11-12-39/h3-5,8,13-15,20-21,39-40H,6-7,9-12,16-17H2,1-2H3,(H,35,36)(H2,33,34,41)/t21-/m1/s1. The second-order valence-electron chi connectivity index (χ2n) is 11.5. The molecule has 2 aliphatic rings. The van der Waals surface area contributed by atoms with E-state index in [1.54, 1.807) is 18.2 Å². The minimum atomic E-state index is -0.858. The molecular formula is C32H36N6O6. The van der Waals surface area contributed by atoms with E-state index in [1.165, 1.54) is 11.1 Å². The first kappa shape index (κ1) is 29.5. The van der Waals surface area contributed by atoms with E-state index in [2.05, 4.69) is 25.2 Å². The minimum absolute atomic E-state index is 0.0620. The van der Waals surface area contributed by atoms with Gasteiger partial charge in [-0.05, 0) is 56.5 Å². The predicted molar refractivity (Wildman–Crippen MR) is 165 cm³/mol. The van der Waals surface area contributed by atoms with Crippen LogP contribution in [-0.4, -0.2) is 98.3 Å². The molecule has 230 valence electrons. The number of rotatable bonds is 10. The Labute approximate surface area is 253 Å². The van der Waals surface area contributed by atoms with E-state index < -0.39 is 11.7 Å². The van der Waals surface area contributed by atoms with Gasteiger partial charge in [-0.25, -0.2) is 4.98 Å². The number of amides is 2. The molecule has 1 fully saturated rings. The zero-order valence-corrected chi connectivity index (χ0v) is 24.7. The smallest absolute Gasteiger partial charge is 0.261 e. The molecule has 12 heteroatoms. The van der Waals surface area contributed by atoms with E-state index in [1.807, 2.05) is 32.0 Å². The zero-order valence-electron chi connectivity index (χ0n) is 24.7. The van der Waals surface area contributed by atoms with Crippen molar-refractivity contribution < 1.29 is 24.5 Å². The van der Waals surface area contributed by atoms with Gasteiger partial charge in [-0.15, -0.1) is 0 Å². The molecule has 4 aromatic rings. The lowest BCUT2D eigenvalue weighted by Gasteiger charge is -2.35. The Morgan fingerprint density at radius 3 is 2.55 bits per heavy atom. The molecule has 0 aliphatic carbocycles. The topological polar surface area (TPSA) is 164 Å². The number of aromatic nitrogens is 3. The number of hydrogen-bond donors (Lipinski definition) is 5. The number of benzene rings is 2. The maximum Gasteiger partial charge on any atom is 0.261 e. The number of ether oxygens (including phenoxy) is 1. The van der Waals surface area contributed by atoms with E-state index in [9.17, 15) is 24.6 Å². The number of nitrogens with one attached hydrogen (secondary N) is 3. The van der Waals surface area contributed by atoms with Crippen molar-refractivity contribution in [2.24, 2.45) is 0 Å². The maximum absolute atomic E-state index is 13.4. The first-order valence-electron chi connectivity index (χ1n) is 14.8. The second-order valence-corrected chi connectivity index (χ2v) is 11.5. The number of aryl methyl sites for hydroxylation is 2. The van der Waals surface area contributed by atoms with Gasteiger partial charge in [0.15, 0.2) is 0 Å². The SMILES string of the molecule is Cc1ccc(OC[C@H](O)CNc2cc[nH]c(=O)c2-c2nc3cc4c(cc3[nH]2)C(=O)N(C2CCN(CCO)CC2)C4=O)c(C)c1. The predicted octanol–water partition coefficient (Wildman–Crippen LogP) is 2.44. The Balaban J connectivity index is 1.18. The van der Waals surface area contributed by atoms with Gasteiger partial charge in [-0.3, -0.25) is 19.3 Å². The number of likely N-dealkylation sites (tertiary alicyclic amines) is 1. The van der Waals surface area contributed by atoms with E-state index in [4.69, 9.17) is 4.74 Å². The first-order chi connectivity index (χ1) is 21.2. The van der Waals surface area contributed by atoms with Crippen molar-refractivity contribution in [3.63, 3.8) is 0 Å². The van der Waals surface area contributed by atoms with Gasteiger partial charge in [0, 0.05) is 38.4 Å². The van der Waals surface area contributed by atoms with Crippen molar-refractivity contribution in [3.05, 3.63) is 75.2 Å². The molecule has 1 atom stereocenters. The summed E-state index contributed by atoms with van der Waals surface area (Å²) in [5.41, 5.74) is 3.99. The third kappa shape index (κ3) is 5.71. The summed E-state index contributed by atoms with van der Waals surface area (Å²) in [6.07, 6.45) is 1.96. The summed E-state index contributed by atoms with van der Waals surface area (Å²) in [6.45, 7) is 6.22. The fraction of sp³-hybridized carbons (Fsp3) is 0.375. The van der Waals surface area contributed by atoms with Crippen molar-refractivity contribution >= 4 is 28.5 Å². The summed E-state index contributed by atoms with van der Waals surface area (Å²) >= 11 is 0. The molecule has 0 radical (unpaired) electrons. The molecule has 2 aromatic heterocycles. The molecule has 0 unspecified atom stereocenters. The number of carbonyl (C=O) groups excluding carboxylic acids is 2. The van der Waals surface area contributed by atoms with Crippen molar-refractivity contribution in [1.82, 2.24) is 24.8 Å². The maximum atomic E-state index is 13.4. The number of carbonyl (C=O) groups is 2. The van der Waals surface area contributed by atoms with Crippen LogP contribution in [0.2, 0.25) is 0 Å². The molecule has 0 saturated carbocycles. The Morgan fingerprint density at radius 2 is 1.82 bits per heavy atom. The van der Waals surface area contributed by atoms with Crippen LogP contribution in [0.4, 0.5) is 5.69 Å². The number of imidazole rings is 1. The Hall–Kier alpha value is -4.52. The third-order valence-electron chi connectivity index (χ3n) is 8.35. The first-order valence-corrected chi connectivity index (χ1v) is 14.8. The Morgan fingerprint density at radius 1 is 1.07 bits per heavy atom. The lowest BCUT2D eigenvalue weighted by Crippen LogP contribution is -2.47. The zero-order chi connectivity index (χ0) is 31.0. The quantitative estimate of drug-likeness (QED) is 0.172. The Bertz CT molecular complexity index is 1720. The van der Waals surface area contributed by atoms with Crippen molar-refractivity contribution in [2.75, 3.05) is 44.7 Å². The number of fused-ring (bicyclic) bond motifs is 2. The number of aliphatic hydroxyl groups excluding tert-OH is 2. The van der Waals surface area contributed by atoms with E-state index in [0.29, 0.717) is 66.1 Å². The van der Waals surface area contributed by atoms with Crippen molar-refractivity contribution in [2.45, 2.75) is 38.8 Å². The fourth-order valence-corrected chi connectivity index (χ4v) is 6.05. The highest BCUT2D eigenvalue weighted by Crippen LogP contribution is 2.33. The van der Waals surface area contributed by atoms with Gasteiger partial charge in [-0.2, -0.15) is 0 Å². The van der Waals surface area contributed by atoms with Crippen LogP contribution in [0, 0.1) is 13.8 Å². The fourth-order valence-electron chi connectivity index (χ4n) is 6.05. The summed E-state index contributed by atoms with van der Waals surface area (Å²) < 4.78 is 5.79. The molecule has 0 bridgehead atoms. The summed E-state index contributed by atoms with van der Waals surface area (Å²) in [6, 6.07) is 10.5. The summed E-state index contributed by atoms with van der Waals surface area (Å²) in [5, 5.41) is 22.9. The highest BCUT2D eigenvalue weighted by atomic mass is 16.5. The van der Waals surface area contributed by atoms with E-state index >= 15 is 0 Å². The number of imide groups is 1. The molecule has 1 saturated heterocycles. The third-order valence-corrected chi connectivity index (χ3v) is 8.35. The van der Waals surface area contributed by atoms with Crippen LogP contribution in [0.3, 0.4) is 0 Å². The largest absolute Gasteiger partial charge is 0.491 e. The molecule has 2 amide bonds. The van der Waals surface area contributed by atoms with E-state index in [-0.39, 0.29) is 49.0 Å². The molecule has 12 nitrogen and oxygen atoms in total. The van der Waals surface area contributed by atoms with Gasteiger partial charge in [0.25, 0.3) is 17.4 Å². The average Bonchev–Trinajstić information content (AvgIpc) is 3.52. The van der Waals surface area contributed by atoms with Crippen LogP contribution >= 0.6 is 0 Å². The van der Waals surface area contributed by atoms with Gasteiger partial charge in [0.1, 0.15) is 29.8 Å². The van der Waals surface area contributed by atoms with Crippen molar-refractivity contribution in [3.8, 4) is 17.1 Å². The van der Waals surface area contributed by atoms with Crippen molar-refractivity contribution in [1.29, 1.82) is 0 Å². The molecular weight excluding hydrogens is 564 g/mol. The summed E-state index contributed by atoms with van der Waals surface area (Å²) in [5.74, 6) is 0.292. The molecule has 2 aliphatic heterocycles. The minimum Gasteiger partial charge on any atom is -0.491 e. The average molecular weight is 601 g/mol. The van der Waals surface area contributed by atoms with E-state index in [0.717, 1.165) is 11.1 Å². The Kier molecular flexibility index (Phi) is 8.21. The highest BCUT2D eigenvalue weighted by molar-refractivity contribution is 6.23. The monoisotopic (exact) mass is 600 g/mol. The van der Waals surface area contributed by atoms with Gasteiger partial charge in [0.05, 0.1) is 34.5 Å². The highest BCUT2D eigenvalue weighted by Gasteiger charge is 2.41. The molecule has 5 N–H and O–H groups in total. The lowest BCUT2D eigenvalue weighted by molar-refractivity contribution is 0.0490. The van der Waals surface area contributed by atoms with Gasteiger partial charge in [-0.1, -0.05) is 17.7 Å². The number of hydrogen-bond acceptors (Lipinski definition) is 9. The number of anilines is 1. The van der Waals surface area contributed by atoms with Crippen LogP contribution in [-0.2, 0) is 0 Å². The number of aliphatic hydroxyl groups is 2. The van der Waals surface area contributed by atoms with Crippen LogP contribution in [0.25, 0.3) is 22.4 Å². The lowest BCUT2D eigenvalue weighted by atomic mass is 10.0. The van der Waals surface area contributed by atoms with Crippen LogP contribution < -0.4 is 15.6 Å². The summed E-state index contributed by atoms with van der Waals surface area (Å²) in [4.78, 5) is 53.6. The number of pyridine rings is 1. The number of β-amino-alcohol motifs (C(OH)–C–C–N with tert-alkyl or cyclic N) is 1. The van der Waals surface area contributed by atoms with Crippen LogP contribution in [0.15, 0.2) is 47.4 Å². The number of H-pyrrole nitrogens is 2. The van der Waals surface area contributed by atoms with Gasteiger partial charge in [0.2, 0.25) is 0 Å². The molecule has 4 heterocycles. The number of piperidine rings is 1. The molecule has 0 spiro atoms. The van der Waals surface area contributed by atoms with Gasteiger partial charge >= 0.3 is 0 Å². The molecule has 2 aromatic carbocycles. The van der Waals surface area contributed by atoms with Gasteiger partial charge < -0.3 is 35.1 Å². The number of aromatic amines is 2. The molecule has 44 heavy (non-hydrogen) atoms. The summed E-state index contributed by atoms with van der Waals surface area (Å²) in [7, 11) is 0. The molecule has 6 rings (SSSR count).